The Hall–Kier alpha value is -3.69. The smallest absolute Gasteiger partial charge is 0.410 e. The molecule has 0 saturated carbocycles. The predicted octanol–water partition coefficient (Wildman–Crippen LogP) is 2.85. The van der Waals surface area contributed by atoms with Gasteiger partial charge in [0, 0.05) is 63.7 Å². The molecule has 0 bridgehead atoms. The molecule has 2 saturated heterocycles. The highest BCUT2D eigenvalue weighted by Crippen LogP contribution is 2.31. The summed E-state index contributed by atoms with van der Waals surface area (Å²) in [6.07, 6.45) is 1.98. The zero-order valence-electron chi connectivity index (χ0n) is 22.4. The number of nitrogens with zero attached hydrogens (tertiary/aromatic N) is 6. The fourth-order valence-corrected chi connectivity index (χ4v) is 5.50. The van der Waals surface area contributed by atoms with Gasteiger partial charge in [-0.25, -0.2) is 14.8 Å². The number of carbonyl (C=O) groups excluding carboxylic acids is 3. The van der Waals surface area contributed by atoms with Gasteiger partial charge in [-0.05, 0) is 32.3 Å². The lowest BCUT2D eigenvalue weighted by Gasteiger charge is -2.34. The normalized spacial score (nSPS) is 19.4. The molecule has 0 unspecified atom stereocenters. The number of carbonyl (C=O) groups is 3. The number of piperazine rings is 1. The average Bonchev–Trinajstić information content (AvgIpc) is 3.52. The van der Waals surface area contributed by atoms with Crippen LogP contribution in [0.15, 0.2) is 30.3 Å². The zero-order valence-corrected chi connectivity index (χ0v) is 22.4. The topological polar surface area (TPSA) is 99.2 Å². The summed E-state index contributed by atoms with van der Waals surface area (Å²) in [6.45, 7) is 9.36. The minimum atomic E-state index is -0.317. The van der Waals surface area contributed by atoms with E-state index in [0.29, 0.717) is 57.3 Å². The van der Waals surface area contributed by atoms with E-state index in [9.17, 15) is 14.4 Å². The molecule has 4 heterocycles. The average molecular weight is 521 g/mol. The fraction of sp³-hybridized carbons (Fsp3) is 0.536. The largest absolute Gasteiger partial charge is 0.445 e. The first-order valence-corrected chi connectivity index (χ1v) is 13.5. The Morgan fingerprint density at radius 3 is 2.47 bits per heavy atom. The van der Waals surface area contributed by atoms with E-state index < -0.39 is 0 Å². The summed E-state index contributed by atoms with van der Waals surface area (Å²) < 4.78 is 5.64. The van der Waals surface area contributed by atoms with Gasteiger partial charge in [0.15, 0.2) is 0 Å². The molecule has 2 aromatic rings. The SMILES string of the molecule is CC(=O)N1CCN(c2nc(C[C@@H]3CCCN3C(=O)OCc3ccccc3)c3c(n2)C(=O)N(C(C)C)C3)CC1. The molecular weight excluding hydrogens is 484 g/mol. The summed E-state index contributed by atoms with van der Waals surface area (Å²) >= 11 is 0. The minimum absolute atomic E-state index is 0.0445. The Kier molecular flexibility index (Phi) is 7.49. The van der Waals surface area contributed by atoms with Gasteiger partial charge in [0.05, 0.1) is 12.2 Å². The van der Waals surface area contributed by atoms with Crippen molar-refractivity contribution in [2.45, 2.75) is 65.3 Å². The molecule has 0 aliphatic carbocycles. The summed E-state index contributed by atoms with van der Waals surface area (Å²) in [5, 5.41) is 0. The Bertz CT molecular complexity index is 1200. The molecule has 3 amide bonds. The quantitative estimate of drug-likeness (QED) is 0.578. The lowest BCUT2D eigenvalue weighted by molar-refractivity contribution is -0.129. The molecule has 38 heavy (non-hydrogen) atoms. The predicted molar refractivity (Wildman–Crippen MR) is 142 cm³/mol. The van der Waals surface area contributed by atoms with Crippen LogP contribution in [0.2, 0.25) is 0 Å². The van der Waals surface area contributed by atoms with E-state index >= 15 is 0 Å². The van der Waals surface area contributed by atoms with E-state index in [-0.39, 0.29) is 36.6 Å². The number of hydrogen-bond acceptors (Lipinski definition) is 7. The Morgan fingerprint density at radius 2 is 1.79 bits per heavy atom. The van der Waals surface area contributed by atoms with Gasteiger partial charge in [0.2, 0.25) is 11.9 Å². The first kappa shape index (κ1) is 25.9. The van der Waals surface area contributed by atoms with Crippen molar-refractivity contribution < 1.29 is 19.1 Å². The lowest BCUT2D eigenvalue weighted by atomic mass is 10.0. The summed E-state index contributed by atoms with van der Waals surface area (Å²) in [4.78, 5) is 55.3. The molecule has 0 radical (unpaired) electrons. The van der Waals surface area contributed by atoms with Gasteiger partial charge in [-0.1, -0.05) is 30.3 Å². The second-order valence-corrected chi connectivity index (χ2v) is 10.6. The van der Waals surface area contributed by atoms with Crippen LogP contribution in [-0.2, 0) is 29.1 Å². The van der Waals surface area contributed by atoms with Crippen LogP contribution in [0, 0.1) is 0 Å². The van der Waals surface area contributed by atoms with E-state index in [1.54, 1.807) is 11.8 Å². The molecule has 2 fully saturated rings. The fourth-order valence-electron chi connectivity index (χ4n) is 5.50. The van der Waals surface area contributed by atoms with Crippen LogP contribution in [0.1, 0.15) is 60.9 Å². The third-order valence-electron chi connectivity index (χ3n) is 7.75. The standard InChI is InChI=1S/C28H36N6O4/c1-19(2)34-17-23-24(16-22-10-7-11-33(22)28(37)38-18-21-8-5-4-6-9-21)29-27(30-25(23)26(34)36)32-14-12-31(13-15-32)20(3)35/h4-6,8-9,19,22H,7,10-18H2,1-3H3/t22-/m0/s1. The molecular formula is C28H36N6O4. The van der Waals surface area contributed by atoms with Crippen molar-refractivity contribution in [1.82, 2.24) is 24.7 Å². The maximum atomic E-state index is 13.3. The van der Waals surface area contributed by atoms with Crippen molar-refractivity contribution in [3.8, 4) is 0 Å². The van der Waals surface area contributed by atoms with E-state index in [1.807, 2.05) is 54.0 Å². The maximum Gasteiger partial charge on any atom is 0.410 e. The number of rotatable bonds is 6. The second-order valence-electron chi connectivity index (χ2n) is 10.6. The molecule has 3 aliphatic heterocycles. The highest BCUT2D eigenvalue weighted by Gasteiger charge is 2.37. The number of likely N-dealkylation sites (tertiary alicyclic amines) is 1. The molecule has 202 valence electrons. The molecule has 5 rings (SSSR count). The van der Waals surface area contributed by atoms with Crippen LogP contribution in [0.4, 0.5) is 10.7 Å². The Labute approximate surface area is 223 Å². The van der Waals surface area contributed by atoms with Gasteiger partial charge in [-0.15, -0.1) is 0 Å². The molecule has 0 N–H and O–H groups in total. The number of hydrogen-bond donors (Lipinski definition) is 0. The first-order valence-electron chi connectivity index (χ1n) is 13.5. The van der Waals surface area contributed by atoms with Crippen LogP contribution >= 0.6 is 0 Å². The van der Waals surface area contributed by atoms with Gasteiger partial charge in [-0.3, -0.25) is 9.59 Å². The van der Waals surface area contributed by atoms with Crippen molar-refractivity contribution in [2.24, 2.45) is 0 Å². The molecule has 3 aliphatic rings. The van der Waals surface area contributed by atoms with E-state index in [1.165, 1.54) is 0 Å². The number of aromatic nitrogens is 2. The number of ether oxygens (including phenoxy) is 1. The number of amides is 3. The van der Waals surface area contributed by atoms with Crippen molar-refractivity contribution in [1.29, 1.82) is 0 Å². The van der Waals surface area contributed by atoms with Crippen molar-refractivity contribution in [3.05, 3.63) is 52.8 Å². The molecule has 1 atom stereocenters. The van der Waals surface area contributed by atoms with Gasteiger partial charge in [0.25, 0.3) is 5.91 Å². The molecule has 0 spiro atoms. The van der Waals surface area contributed by atoms with Crippen LogP contribution in [0.3, 0.4) is 0 Å². The van der Waals surface area contributed by atoms with E-state index in [0.717, 1.165) is 29.7 Å². The zero-order chi connectivity index (χ0) is 26.8. The number of anilines is 1. The minimum Gasteiger partial charge on any atom is -0.445 e. The van der Waals surface area contributed by atoms with E-state index in [2.05, 4.69) is 4.90 Å². The van der Waals surface area contributed by atoms with Crippen LogP contribution in [-0.4, -0.2) is 87.4 Å². The summed E-state index contributed by atoms with van der Waals surface area (Å²) in [7, 11) is 0. The highest BCUT2D eigenvalue weighted by molar-refractivity contribution is 5.97. The Morgan fingerprint density at radius 1 is 1.05 bits per heavy atom. The third-order valence-corrected chi connectivity index (χ3v) is 7.75. The molecule has 1 aromatic carbocycles. The van der Waals surface area contributed by atoms with Crippen molar-refractivity contribution in [2.75, 3.05) is 37.6 Å². The number of benzene rings is 1. The maximum absolute atomic E-state index is 13.3. The van der Waals surface area contributed by atoms with Crippen molar-refractivity contribution >= 4 is 23.9 Å². The summed E-state index contributed by atoms with van der Waals surface area (Å²) in [5.41, 5.74) is 3.10. The monoisotopic (exact) mass is 520 g/mol. The van der Waals surface area contributed by atoms with Gasteiger partial charge in [-0.2, -0.15) is 0 Å². The highest BCUT2D eigenvalue weighted by atomic mass is 16.6. The number of fused-ring (bicyclic) bond motifs is 1. The first-order chi connectivity index (χ1) is 18.3. The summed E-state index contributed by atoms with van der Waals surface area (Å²) in [5.74, 6) is 0.508. The van der Waals surface area contributed by atoms with Crippen LogP contribution < -0.4 is 4.90 Å². The molecule has 10 heteroatoms. The van der Waals surface area contributed by atoms with Crippen molar-refractivity contribution in [3.63, 3.8) is 0 Å². The van der Waals surface area contributed by atoms with Crippen LogP contribution in [0.25, 0.3) is 0 Å². The van der Waals surface area contributed by atoms with Crippen LogP contribution in [0.5, 0.6) is 0 Å². The van der Waals surface area contributed by atoms with Gasteiger partial charge in [0.1, 0.15) is 12.3 Å². The second kappa shape index (κ2) is 11.0. The van der Waals surface area contributed by atoms with Gasteiger partial charge >= 0.3 is 6.09 Å². The lowest BCUT2D eigenvalue weighted by Crippen LogP contribution is -2.48. The summed E-state index contributed by atoms with van der Waals surface area (Å²) in [6, 6.07) is 9.66. The van der Waals surface area contributed by atoms with E-state index in [4.69, 9.17) is 14.7 Å². The van der Waals surface area contributed by atoms with Gasteiger partial charge < -0.3 is 24.3 Å². The molecule has 1 aromatic heterocycles. The Balaban J connectivity index is 1.37. The third kappa shape index (κ3) is 5.30. The molecule has 10 nitrogen and oxygen atoms in total.